The van der Waals surface area contributed by atoms with Crippen molar-refractivity contribution in [2.45, 2.75) is 31.2 Å². The number of phenols is 1. The molecule has 0 heterocycles. The smallest absolute Gasteiger partial charge is 0.235 e. The lowest BCUT2D eigenvalue weighted by molar-refractivity contribution is 0.350. The molecule has 0 bridgehead atoms. The Balaban J connectivity index is 2.57. The molecule has 1 saturated carbocycles. The number of nitrogens with zero attached hydrogens (tertiary/aromatic N) is 1. The molecule has 0 spiro atoms. The van der Waals surface area contributed by atoms with E-state index in [0.717, 1.165) is 31.2 Å². The molecule has 90 valence electrons. The number of hydrogen-bond donors (Lipinski definition) is 1. The minimum absolute atomic E-state index is 0.0809. The number of benzene rings is 1. The van der Waals surface area contributed by atoms with Crippen molar-refractivity contribution in [1.29, 1.82) is 0 Å². The van der Waals surface area contributed by atoms with Crippen LogP contribution in [-0.2, 0) is 10.3 Å². The number of para-hydroxylation sites is 1. The van der Waals surface area contributed by atoms with E-state index in [1.165, 1.54) is 7.11 Å². The predicted octanol–water partition coefficient (Wildman–Crippen LogP) is 2.51. The second-order valence-corrected chi connectivity index (χ2v) is 4.30. The summed E-state index contributed by atoms with van der Waals surface area (Å²) in [5.41, 5.74) is 0.215. The Morgan fingerprint density at radius 2 is 2.12 bits per heavy atom. The van der Waals surface area contributed by atoms with Gasteiger partial charge in [0.1, 0.15) is 5.54 Å². The van der Waals surface area contributed by atoms with E-state index in [0.29, 0.717) is 5.75 Å². The van der Waals surface area contributed by atoms with Crippen LogP contribution in [0.3, 0.4) is 0 Å². The Morgan fingerprint density at radius 3 is 2.71 bits per heavy atom. The van der Waals surface area contributed by atoms with E-state index < -0.39 is 5.54 Å². The zero-order valence-electron chi connectivity index (χ0n) is 9.77. The van der Waals surface area contributed by atoms with Crippen molar-refractivity contribution in [3.63, 3.8) is 0 Å². The molecule has 0 saturated heterocycles. The van der Waals surface area contributed by atoms with E-state index >= 15 is 0 Å². The first kappa shape index (κ1) is 11.7. The second-order valence-electron chi connectivity index (χ2n) is 4.30. The standard InChI is InChI=1S/C13H15NO3/c1-17-12-10(5-4-6-11(12)16)13(14-9-15)7-2-3-8-13/h4-6,16H,2-3,7-8H2,1H3. The van der Waals surface area contributed by atoms with Gasteiger partial charge in [-0.15, -0.1) is 0 Å². The van der Waals surface area contributed by atoms with E-state index in [1.54, 1.807) is 18.2 Å². The molecule has 1 aromatic carbocycles. The monoisotopic (exact) mass is 233 g/mol. The molecule has 17 heavy (non-hydrogen) atoms. The Morgan fingerprint density at radius 1 is 1.41 bits per heavy atom. The van der Waals surface area contributed by atoms with Gasteiger partial charge in [0.15, 0.2) is 11.5 Å². The highest BCUT2D eigenvalue weighted by atomic mass is 16.5. The molecular weight excluding hydrogens is 218 g/mol. The maximum atomic E-state index is 10.6. The average molecular weight is 233 g/mol. The van der Waals surface area contributed by atoms with Crippen LogP contribution in [0.1, 0.15) is 31.2 Å². The molecule has 4 nitrogen and oxygen atoms in total. The number of hydrogen-bond acceptors (Lipinski definition) is 4. The summed E-state index contributed by atoms with van der Waals surface area (Å²) in [5.74, 6) is 0.491. The molecule has 1 aliphatic rings. The molecular formula is C13H15NO3. The molecule has 0 atom stereocenters. The van der Waals surface area contributed by atoms with Crippen LogP contribution in [-0.4, -0.2) is 18.3 Å². The summed E-state index contributed by atoms with van der Waals surface area (Å²) in [6.45, 7) is 0. The van der Waals surface area contributed by atoms with E-state index in [9.17, 15) is 9.90 Å². The lowest BCUT2D eigenvalue weighted by atomic mass is 9.88. The van der Waals surface area contributed by atoms with Gasteiger partial charge in [0.2, 0.25) is 6.08 Å². The molecule has 0 aromatic heterocycles. The maximum absolute atomic E-state index is 10.6. The third-order valence-corrected chi connectivity index (χ3v) is 3.39. The van der Waals surface area contributed by atoms with E-state index in [1.807, 2.05) is 6.07 Å². The topological polar surface area (TPSA) is 58.9 Å². The Kier molecular flexibility index (Phi) is 3.16. The summed E-state index contributed by atoms with van der Waals surface area (Å²) in [6.07, 6.45) is 5.28. The van der Waals surface area contributed by atoms with Gasteiger partial charge in [0, 0.05) is 5.56 Å². The Labute approximate surface area is 99.9 Å². The van der Waals surface area contributed by atoms with E-state index in [2.05, 4.69) is 4.99 Å². The van der Waals surface area contributed by atoms with Crippen molar-refractivity contribution in [2.75, 3.05) is 7.11 Å². The quantitative estimate of drug-likeness (QED) is 0.644. The third-order valence-electron chi connectivity index (χ3n) is 3.39. The van der Waals surface area contributed by atoms with Gasteiger partial charge < -0.3 is 9.84 Å². The van der Waals surface area contributed by atoms with Crippen molar-refractivity contribution in [3.8, 4) is 11.5 Å². The lowest BCUT2D eigenvalue weighted by Crippen LogP contribution is -2.19. The van der Waals surface area contributed by atoms with Gasteiger partial charge in [-0.2, -0.15) is 4.99 Å². The molecule has 0 radical (unpaired) electrons. The first-order valence-electron chi connectivity index (χ1n) is 5.69. The fourth-order valence-corrected chi connectivity index (χ4v) is 2.59. The van der Waals surface area contributed by atoms with Crippen LogP contribution in [0.25, 0.3) is 0 Å². The summed E-state index contributed by atoms with van der Waals surface area (Å²) >= 11 is 0. The predicted molar refractivity (Wildman–Crippen MR) is 62.9 cm³/mol. The van der Waals surface area contributed by atoms with Crippen LogP contribution in [0.15, 0.2) is 23.2 Å². The van der Waals surface area contributed by atoms with Gasteiger partial charge in [-0.05, 0) is 18.9 Å². The van der Waals surface area contributed by atoms with Crippen LogP contribution in [0.4, 0.5) is 0 Å². The van der Waals surface area contributed by atoms with Crippen molar-refractivity contribution in [2.24, 2.45) is 4.99 Å². The molecule has 0 aliphatic heterocycles. The number of carbonyl (C=O) groups excluding carboxylic acids is 1. The first-order valence-corrected chi connectivity index (χ1v) is 5.69. The summed E-state index contributed by atoms with van der Waals surface area (Å²) in [6, 6.07) is 5.16. The first-order chi connectivity index (χ1) is 8.23. The minimum atomic E-state index is -0.564. The number of phenolic OH excluding ortho intramolecular Hbond substituents is 1. The molecule has 1 N–H and O–H groups in total. The number of methoxy groups -OCH3 is 1. The van der Waals surface area contributed by atoms with E-state index in [-0.39, 0.29) is 5.75 Å². The van der Waals surface area contributed by atoms with Gasteiger partial charge in [-0.25, -0.2) is 4.79 Å². The van der Waals surface area contributed by atoms with E-state index in [4.69, 9.17) is 4.74 Å². The zero-order chi connectivity index (χ0) is 12.3. The van der Waals surface area contributed by atoms with Gasteiger partial charge in [0.25, 0.3) is 0 Å². The number of isocyanates is 1. The minimum Gasteiger partial charge on any atom is -0.504 e. The Bertz CT molecular complexity index is 458. The van der Waals surface area contributed by atoms with Crippen LogP contribution < -0.4 is 4.74 Å². The molecule has 0 unspecified atom stereocenters. The molecule has 2 rings (SSSR count). The molecule has 4 heteroatoms. The molecule has 0 amide bonds. The summed E-state index contributed by atoms with van der Waals surface area (Å²) in [7, 11) is 1.51. The maximum Gasteiger partial charge on any atom is 0.235 e. The van der Waals surface area contributed by atoms with Crippen molar-refractivity contribution < 1.29 is 14.6 Å². The van der Waals surface area contributed by atoms with Gasteiger partial charge in [-0.1, -0.05) is 25.0 Å². The summed E-state index contributed by atoms with van der Waals surface area (Å²) < 4.78 is 5.22. The van der Waals surface area contributed by atoms with Gasteiger partial charge >= 0.3 is 0 Å². The SMILES string of the molecule is COc1c(O)cccc1C1(N=C=O)CCCC1. The molecule has 1 fully saturated rings. The highest BCUT2D eigenvalue weighted by Gasteiger charge is 2.38. The normalized spacial score (nSPS) is 17.5. The Hall–Kier alpha value is -1.80. The third kappa shape index (κ3) is 1.92. The van der Waals surface area contributed by atoms with Crippen LogP contribution in [0.2, 0.25) is 0 Å². The van der Waals surface area contributed by atoms with Crippen LogP contribution in [0, 0.1) is 0 Å². The van der Waals surface area contributed by atoms with Crippen molar-refractivity contribution in [3.05, 3.63) is 23.8 Å². The summed E-state index contributed by atoms with van der Waals surface area (Å²) in [4.78, 5) is 14.6. The highest BCUT2D eigenvalue weighted by molar-refractivity contribution is 5.51. The second kappa shape index (κ2) is 4.60. The highest BCUT2D eigenvalue weighted by Crippen LogP contribution is 2.47. The van der Waals surface area contributed by atoms with Crippen molar-refractivity contribution >= 4 is 6.08 Å². The number of aliphatic imine (C=N–C) groups is 1. The van der Waals surface area contributed by atoms with Crippen molar-refractivity contribution in [1.82, 2.24) is 0 Å². The fraction of sp³-hybridized carbons (Fsp3) is 0.462. The van der Waals surface area contributed by atoms with Crippen LogP contribution in [0.5, 0.6) is 11.5 Å². The number of rotatable bonds is 3. The molecule has 1 aromatic rings. The van der Waals surface area contributed by atoms with Gasteiger partial charge in [-0.3, -0.25) is 0 Å². The largest absolute Gasteiger partial charge is 0.504 e. The van der Waals surface area contributed by atoms with Crippen LogP contribution >= 0.6 is 0 Å². The number of aromatic hydroxyl groups is 1. The molecule has 1 aliphatic carbocycles. The lowest BCUT2D eigenvalue weighted by Gasteiger charge is -2.25. The average Bonchev–Trinajstić information content (AvgIpc) is 2.79. The van der Waals surface area contributed by atoms with Gasteiger partial charge in [0.05, 0.1) is 7.11 Å². The summed E-state index contributed by atoms with van der Waals surface area (Å²) in [5, 5.41) is 9.77. The fourth-order valence-electron chi connectivity index (χ4n) is 2.59. The zero-order valence-corrected chi connectivity index (χ0v) is 9.77. The number of ether oxygens (including phenoxy) is 1.